The molecule has 3 nitrogen and oxygen atoms in total. The van der Waals surface area contributed by atoms with Crippen LogP contribution in [0.4, 0.5) is 0 Å². The van der Waals surface area contributed by atoms with Crippen LogP contribution in [0.1, 0.15) is 39.5 Å². The van der Waals surface area contributed by atoms with Crippen molar-refractivity contribution in [3.05, 3.63) is 36.7 Å². The van der Waals surface area contributed by atoms with Gasteiger partial charge in [0.25, 0.3) is 0 Å². The van der Waals surface area contributed by atoms with Gasteiger partial charge in [0.1, 0.15) is 0 Å². The van der Waals surface area contributed by atoms with E-state index in [-0.39, 0.29) is 5.91 Å². The zero-order valence-electron chi connectivity index (χ0n) is 13.2. The molecule has 0 spiro atoms. The fourth-order valence-electron chi connectivity index (χ4n) is 1.90. The quantitative estimate of drug-likeness (QED) is 0.481. The van der Waals surface area contributed by atoms with E-state index in [1.54, 1.807) is 24.2 Å². The van der Waals surface area contributed by atoms with E-state index in [2.05, 4.69) is 25.4 Å². The molecule has 1 aromatic rings. The van der Waals surface area contributed by atoms with Gasteiger partial charge in [0.15, 0.2) is 0 Å². The smallest absolute Gasteiger partial charge is 0.250 e. The zero-order valence-corrected chi connectivity index (χ0v) is 14.0. The molecule has 0 N–H and O–H groups in total. The number of pyridine rings is 1. The number of aromatic nitrogens is 1. The highest BCUT2D eigenvalue weighted by Crippen LogP contribution is 2.20. The minimum atomic E-state index is 0.110. The molecule has 0 aliphatic rings. The molecule has 0 bridgehead atoms. The van der Waals surface area contributed by atoms with Crippen molar-refractivity contribution in [2.75, 3.05) is 18.8 Å². The first-order chi connectivity index (χ1) is 10.2. The van der Waals surface area contributed by atoms with E-state index in [1.165, 1.54) is 0 Å². The molecule has 4 heteroatoms. The highest BCUT2D eigenvalue weighted by molar-refractivity contribution is 7.99. The largest absolute Gasteiger partial charge is 0.339 e. The van der Waals surface area contributed by atoms with Crippen LogP contribution in [0, 0.1) is 0 Å². The molecule has 21 heavy (non-hydrogen) atoms. The van der Waals surface area contributed by atoms with Gasteiger partial charge in [-0.05, 0) is 25.0 Å². The molecule has 0 aliphatic carbocycles. The summed E-state index contributed by atoms with van der Waals surface area (Å²) in [5, 5.41) is 0. The second kappa shape index (κ2) is 10.4. The minimum Gasteiger partial charge on any atom is -0.339 e. The molecule has 1 amide bonds. The molecule has 0 fully saturated rings. The third kappa shape index (κ3) is 6.80. The van der Waals surface area contributed by atoms with Gasteiger partial charge in [-0.3, -0.25) is 9.78 Å². The van der Waals surface area contributed by atoms with Crippen LogP contribution in [0.5, 0.6) is 0 Å². The molecule has 0 radical (unpaired) electrons. The minimum absolute atomic E-state index is 0.110. The van der Waals surface area contributed by atoms with Crippen LogP contribution in [-0.2, 0) is 4.79 Å². The SMILES string of the molecule is C=C(CSc1ccncc1)C(=O)N(CCCC)CCCC. The summed E-state index contributed by atoms with van der Waals surface area (Å²) in [6.45, 7) is 9.96. The van der Waals surface area contributed by atoms with Crippen LogP contribution < -0.4 is 0 Å². The Hall–Kier alpha value is -1.29. The molecule has 1 aromatic heterocycles. The molecule has 0 saturated heterocycles. The van der Waals surface area contributed by atoms with Crippen LogP contribution in [-0.4, -0.2) is 34.6 Å². The number of amides is 1. The van der Waals surface area contributed by atoms with Crippen LogP contribution in [0.15, 0.2) is 41.6 Å². The number of rotatable bonds is 10. The Morgan fingerprint density at radius 2 is 1.76 bits per heavy atom. The third-order valence-corrected chi connectivity index (χ3v) is 4.31. The highest BCUT2D eigenvalue weighted by Gasteiger charge is 2.15. The van der Waals surface area contributed by atoms with Crippen LogP contribution in [0.3, 0.4) is 0 Å². The predicted molar refractivity (Wildman–Crippen MR) is 90.5 cm³/mol. The highest BCUT2D eigenvalue weighted by atomic mass is 32.2. The molecule has 0 aromatic carbocycles. The van der Waals surface area contributed by atoms with E-state index in [9.17, 15) is 4.79 Å². The lowest BCUT2D eigenvalue weighted by molar-refractivity contribution is -0.127. The van der Waals surface area contributed by atoms with Crippen LogP contribution >= 0.6 is 11.8 Å². The van der Waals surface area contributed by atoms with Crippen molar-refractivity contribution in [3.63, 3.8) is 0 Å². The molecular weight excluding hydrogens is 280 g/mol. The maximum absolute atomic E-state index is 12.5. The second-order valence-electron chi connectivity index (χ2n) is 5.07. The standard InChI is InChI=1S/C17H26N2OS/c1-4-6-12-19(13-7-5-2)17(20)15(3)14-21-16-8-10-18-11-9-16/h8-11H,3-7,12-14H2,1-2H3. The summed E-state index contributed by atoms with van der Waals surface area (Å²) in [7, 11) is 0. The Morgan fingerprint density at radius 3 is 2.29 bits per heavy atom. The molecular formula is C17H26N2OS. The van der Waals surface area contributed by atoms with E-state index in [0.717, 1.165) is 43.7 Å². The molecule has 0 saturated carbocycles. The number of unbranched alkanes of at least 4 members (excludes halogenated alkanes) is 2. The van der Waals surface area contributed by atoms with Gasteiger partial charge in [-0.2, -0.15) is 0 Å². The van der Waals surface area contributed by atoms with Gasteiger partial charge >= 0.3 is 0 Å². The Bertz CT molecular complexity index is 426. The number of nitrogens with zero attached hydrogens (tertiary/aromatic N) is 2. The number of thioether (sulfide) groups is 1. The van der Waals surface area contributed by atoms with Gasteiger partial charge < -0.3 is 4.90 Å². The number of carbonyl (C=O) groups is 1. The lowest BCUT2D eigenvalue weighted by Crippen LogP contribution is -2.34. The number of hydrogen-bond donors (Lipinski definition) is 0. The average molecular weight is 306 g/mol. The van der Waals surface area contributed by atoms with Gasteiger partial charge in [0.2, 0.25) is 5.91 Å². The Morgan fingerprint density at radius 1 is 1.19 bits per heavy atom. The van der Waals surface area contributed by atoms with Gasteiger partial charge in [-0.25, -0.2) is 0 Å². The molecule has 0 aliphatic heterocycles. The predicted octanol–water partition coefficient (Wildman–Crippen LogP) is 4.16. The third-order valence-electron chi connectivity index (χ3n) is 3.22. The topological polar surface area (TPSA) is 33.2 Å². The van der Waals surface area contributed by atoms with Crippen molar-refractivity contribution in [1.82, 2.24) is 9.88 Å². The Balaban J connectivity index is 2.50. The van der Waals surface area contributed by atoms with E-state index < -0.39 is 0 Å². The maximum atomic E-state index is 12.5. The summed E-state index contributed by atoms with van der Waals surface area (Å²) in [6.07, 6.45) is 7.85. The van der Waals surface area contributed by atoms with E-state index in [0.29, 0.717) is 11.3 Å². The van der Waals surface area contributed by atoms with E-state index in [1.807, 2.05) is 17.0 Å². The van der Waals surface area contributed by atoms with Crippen molar-refractivity contribution in [1.29, 1.82) is 0 Å². The first-order valence-corrected chi connectivity index (χ1v) is 8.67. The molecule has 1 heterocycles. The van der Waals surface area contributed by atoms with Gasteiger partial charge in [-0.1, -0.05) is 33.3 Å². The number of carbonyl (C=O) groups excluding carboxylic acids is 1. The lowest BCUT2D eigenvalue weighted by atomic mass is 10.2. The Labute approximate surface area is 132 Å². The van der Waals surface area contributed by atoms with Crippen molar-refractivity contribution in [2.24, 2.45) is 0 Å². The summed E-state index contributed by atoms with van der Waals surface area (Å²) in [4.78, 5) is 19.5. The summed E-state index contributed by atoms with van der Waals surface area (Å²) in [5.41, 5.74) is 0.684. The van der Waals surface area contributed by atoms with Crippen LogP contribution in [0.25, 0.3) is 0 Å². The molecule has 1 rings (SSSR count). The lowest BCUT2D eigenvalue weighted by Gasteiger charge is -2.23. The maximum Gasteiger partial charge on any atom is 0.250 e. The molecule has 0 unspecified atom stereocenters. The van der Waals surface area contributed by atoms with Crippen molar-refractivity contribution in [3.8, 4) is 0 Å². The summed E-state index contributed by atoms with van der Waals surface area (Å²) >= 11 is 1.63. The summed E-state index contributed by atoms with van der Waals surface area (Å²) < 4.78 is 0. The van der Waals surface area contributed by atoms with Crippen LogP contribution in [0.2, 0.25) is 0 Å². The zero-order chi connectivity index (χ0) is 15.5. The fourth-order valence-corrected chi connectivity index (χ4v) is 2.68. The normalized spacial score (nSPS) is 10.4. The average Bonchev–Trinajstić information content (AvgIpc) is 2.53. The van der Waals surface area contributed by atoms with Gasteiger partial charge in [0.05, 0.1) is 0 Å². The van der Waals surface area contributed by atoms with E-state index in [4.69, 9.17) is 0 Å². The van der Waals surface area contributed by atoms with Gasteiger partial charge in [0, 0.05) is 41.7 Å². The van der Waals surface area contributed by atoms with Gasteiger partial charge in [-0.15, -0.1) is 11.8 Å². The van der Waals surface area contributed by atoms with E-state index >= 15 is 0 Å². The molecule has 0 atom stereocenters. The number of hydrogen-bond acceptors (Lipinski definition) is 3. The van der Waals surface area contributed by atoms with Crippen molar-refractivity contribution < 1.29 is 4.79 Å². The van der Waals surface area contributed by atoms with Crippen molar-refractivity contribution in [2.45, 2.75) is 44.4 Å². The summed E-state index contributed by atoms with van der Waals surface area (Å²) in [5.74, 6) is 0.746. The second-order valence-corrected chi connectivity index (χ2v) is 6.12. The Kier molecular flexibility index (Phi) is 8.83. The van der Waals surface area contributed by atoms with Crippen molar-refractivity contribution >= 4 is 17.7 Å². The fraction of sp³-hybridized carbons (Fsp3) is 0.529. The molecule has 116 valence electrons. The first kappa shape index (κ1) is 17.8. The monoisotopic (exact) mass is 306 g/mol. The first-order valence-electron chi connectivity index (χ1n) is 7.68. The summed E-state index contributed by atoms with van der Waals surface area (Å²) in [6, 6.07) is 3.91.